The van der Waals surface area contributed by atoms with E-state index in [9.17, 15) is 8.42 Å². The van der Waals surface area contributed by atoms with E-state index < -0.39 is 10.4 Å². The molecule has 0 heterocycles. The summed E-state index contributed by atoms with van der Waals surface area (Å²) in [7, 11) is -3.81. The van der Waals surface area contributed by atoms with Crippen LogP contribution in [0.1, 0.15) is 38.5 Å². The fraction of sp³-hybridized carbons (Fsp3) is 0.667. The Labute approximate surface area is 105 Å². The molecule has 0 amide bonds. The highest BCUT2D eigenvalue weighted by Gasteiger charge is 2.10. The van der Waals surface area contributed by atoms with Gasteiger partial charge in [-0.2, -0.15) is 8.42 Å². The minimum Gasteiger partial charge on any atom is -0.248 e. The van der Waals surface area contributed by atoms with Crippen LogP contribution < -0.4 is 0 Å². The molecule has 0 aromatic heterocycles. The van der Waals surface area contributed by atoms with Crippen LogP contribution in [0.3, 0.4) is 0 Å². The average molecular weight is 262 g/mol. The molecule has 5 heteroatoms. The summed E-state index contributed by atoms with van der Waals surface area (Å²) in [6, 6.07) is 0. The molecule has 0 aliphatic rings. The van der Waals surface area contributed by atoms with Crippen molar-refractivity contribution in [1.29, 1.82) is 0 Å². The van der Waals surface area contributed by atoms with Crippen molar-refractivity contribution in [3.63, 3.8) is 0 Å². The first-order chi connectivity index (χ1) is 8.12. The summed E-state index contributed by atoms with van der Waals surface area (Å²) in [5.74, 6) is 0. The highest BCUT2D eigenvalue weighted by atomic mass is 32.3. The van der Waals surface area contributed by atoms with Crippen molar-refractivity contribution in [1.82, 2.24) is 0 Å². The van der Waals surface area contributed by atoms with Gasteiger partial charge in [-0.05, 0) is 38.5 Å². The third kappa shape index (κ3) is 11.6. The zero-order valence-corrected chi connectivity index (χ0v) is 11.1. The van der Waals surface area contributed by atoms with Gasteiger partial charge in [-0.3, -0.25) is 0 Å². The van der Waals surface area contributed by atoms with Crippen molar-refractivity contribution in [2.75, 3.05) is 13.2 Å². The van der Waals surface area contributed by atoms with Crippen molar-refractivity contribution >= 4 is 10.4 Å². The second kappa shape index (κ2) is 10.5. The Kier molecular flexibility index (Phi) is 10.1. The predicted octanol–water partition coefficient (Wildman–Crippen LogP) is 2.98. The first-order valence-corrected chi connectivity index (χ1v) is 7.21. The molecule has 0 unspecified atom stereocenters. The van der Waals surface area contributed by atoms with Crippen molar-refractivity contribution in [2.24, 2.45) is 0 Å². The molecular weight excluding hydrogens is 240 g/mol. The lowest BCUT2D eigenvalue weighted by Gasteiger charge is -2.05. The van der Waals surface area contributed by atoms with E-state index in [4.69, 9.17) is 0 Å². The van der Waals surface area contributed by atoms with Gasteiger partial charge in [0.25, 0.3) is 0 Å². The van der Waals surface area contributed by atoms with Crippen LogP contribution in [0.15, 0.2) is 25.3 Å². The maximum absolute atomic E-state index is 11.2. The van der Waals surface area contributed by atoms with E-state index in [1.54, 1.807) is 12.2 Å². The normalized spacial score (nSPS) is 11.3. The van der Waals surface area contributed by atoms with E-state index in [-0.39, 0.29) is 13.2 Å². The van der Waals surface area contributed by atoms with Gasteiger partial charge in [0.2, 0.25) is 0 Å². The molecule has 0 bridgehead atoms. The zero-order valence-electron chi connectivity index (χ0n) is 10.3. The van der Waals surface area contributed by atoms with Gasteiger partial charge in [0.05, 0.1) is 13.2 Å². The minimum atomic E-state index is -3.81. The largest absolute Gasteiger partial charge is 0.399 e. The van der Waals surface area contributed by atoms with Crippen LogP contribution in [-0.2, 0) is 18.8 Å². The zero-order chi connectivity index (χ0) is 13.0. The van der Waals surface area contributed by atoms with E-state index in [0.29, 0.717) is 12.8 Å². The first-order valence-electron chi connectivity index (χ1n) is 5.88. The molecule has 0 radical (unpaired) electrons. The second-order valence-electron chi connectivity index (χ2n) is 3.62. The van der Waals surface area contributed by atoms with Gasteiger partial charge >= 0.3 is 10.4 Å². The summed E-state index contributed by atoms with van der Waals surface area (Å²) in [6.45, 7) is 7.50. The van der Waals surface area contributed by atoms with Gasteiger partial charge in [0, 0.05) is 0 Å². The molecule has 0 saturated carbocycles. The molecule has 0 saturated heterocycles. The van der Waals surface area contributed by atoms with Gasteiger partial charge in [-0.15, -0.1) is 13.2 Å². The van der Waals surface area contributed by atoms with E-state index in [1.807, 2.05) is 0 Å². The molecule has 0 aromatic rings. The SMILES string of the molecule is C=CCCCCOS(=O)(=O)OCCCCC=C. The average Bonchev–Trinajstić information content (AvgIpc) is 2.28. The summed E-state index contributed by atoms with van der Waals surface area (Å²) in [4.78, 5) is 0. The number of rotatable bonds is 12. The Morgan fingerprint density at radius 3 is 1.59 bits per heavy atom. The van der Waals surface area contributed by atoms with Crippen LogP contribution in [0.4, 0.5) is 0 Å². The van der Waals surface area contributed by atoms with Crippen LogP contribution in [0.5, 0.6) is 0 Å². The molecule has 0 aliphatic heterocycles. The number of hydrogen-bond acceptors (Lipinski definition) is 4. The van der Waals surface area contributed by atoms with Crippen LogP contribution in [0.25, 0.3) is 0 Å². The van der Waals surface area contributed by atoms with Gasteiger partial charge in [0.15, 0.2) is 0 Å². The molecule has 0 N–H and O–H groups in total. The molecule has 0 fully saturated rings. The lowest BCUT2D eigenvalue weighted by atomic mass is 10.2. The molecule has 0 atom stereocenters. The van der Waals surface area contributed by atoms with Crippen molar-refractivity contribution in [3.8, 4) is 0 Å². The van der Waals surface area contributed by atoms with Crippen molar-refractivity contribution < 1.29 is 16.8 Å². The minimum absolute atomic E-state index is 0.169. The Hall–Kier alpha value is -0.650. The molecule has 0 aromatic carbocycles. The van der Waals surface area contributed by atoms with E-state index in [1.165, 1.54) is 0 Å². The molecular formula is C12H22O4S. The van der Waals surface area contributed by atoms with Crippen LogP contribution >= 0.6 is 0 Å². The smallest absolute Gasteiger partial charge is 0.248 e. The van der Waals surface area contributed by atoms with Gasteiger partial charge < -0.3 is 0 Å². The van der Waals surface area contributed by atoms with E-state index >= 15 is 0 Å². The van der Waals surface area contributed by atoms with Crippen LogP contribution in [-0.4, -0.2) is 21.6 Å². The molecule has 17 heavy (non-hydrogen) atoms. The van der Waals surface area contributed by atoms with Gasteiger partial charge in [-0.1, -0.05) is 12.2 Å². The maximum Gasteiger partial charge on any atom is 0.399 e. The standard InChI is InChI=1S/C12H22O4S/c1-3-5-7-9-11-15-17(13,14)16-12-10-8-6-4-2/h3-4H,1-2,5-12H2. The first kappa shape index (κ1) is 16.4. The van der Waals surface area contributed by atoms with Crippen LogP contribution in [0.2, 0.25) is 0 Å². The molecule has 0 aliphatic carbocycles. The number of hydrogen-bond donors (Lipinski definition) is 0. The summed E-state index contributed by atoms with van der Waals surface area (Å²) in [5.41, 5.74) is 0. The van der Waals surface area contributed by atoms with E-state index in [2.05, 4.69) is 21.5 Å². The Morgan fingerprint density at radius 2 is 1.24 bits per heavy atom. The predicted molar refractivity (Wildman–Crippen MR) is 68.9 cm³/mol. The monoisotopic (exact) mass is 262 g/mol. The van der Waals surface area contributed by atoms with Crippen LogP contribution in [0, 0.1) is 0 Å². The quantitative estimate of drug-likeness (QED) is 0.401. The second-order valence-corrected chi connectivity index (χ2v) is 4.91. The van der Waals surface area contributed by atoms with Gasteiger partial charge in [0.1, 0.15) is 0 Å². The summed E-state index contributed by atoms with van der Waals surface area (Å²) in [6.07, 6.45) is 8.44. The van der Waals surface area contributed by atoms with Crippen molar-refractivity contribution in [2.45, 2.75) is 38.5 Å². The number of unbranched alkanes of at least 4 members (excludes halogenated alkanes) is 4. The maximum atomic E-state index is 11.2. The highest BCUT2D eigenvalue weighted by Crippen LogP contribution is 2.04. The Morgan fingerprint density at radius 1 is 0.824 bits per heavy atom. The summed E-state index contributed by atoms with van der Waals surface area (Å²) >= 11 is 0. The van der Waals surface area contributed by atoms with Gasteiger partial charge in [-0.25, -0.2) is 8.37 Å². The lowest BCUT2D eigenvalue weighted by Crippen LogP contribution is -2.12. The third-order valence-corrected chi connectivity index (χ3v) is 2.97. The Balaban J connectivity index is 3.51. The summed E-state index contributed by atoms with van der Waals surface area (Å²) in [5, 5.41) is 0. The molecule has 0 rings (SSSR count). The topological polar surface area (TPSA) is 52.6 Å². The molecule has 0 spiro atoms. The number of allylic oxidation sites excluding steroid dienone is 2. The highest BCUT2D eigenvalue weighted by molar-refractivity contribution is 7.81. The van der Waals surface area contributed by atoms with E-state index in [0.717, 1.165) is 25.7 Å². The molecule has 100 valence electrons. The molecule has 4 nitrogen and oxygen atoms in total. The summed E-state index contributed by atoms with van der Waals surface area (Å²) < 4.78 is 31.8. The fourth-order valence-electron chi connectivity index (χ4n) is 1.14. The van der Waals surface area contributed by atoms with Crippen molar-refractivity contribution in [3.05, 3.63) is 25.3 Å². The lowest BCUT2D eigenvalue weighted by molar-refractivity contribution is 0.209. The fourth-order valence-corrected chi connectivity index (χ4v) is 1.85. The third-order valence-electron chi connectivity index (χ3n) is 2.06. The Bertz CT molecular complexity index is 272.